The molecule has 1 saturated carbocycles. The Kier molecular flexibility index (Phi) is 3.01. The molecule has 0 spiro atoms. The second kappa shape index (κ2) is 4.68. The molecule has 0 atom stereocenters. The predicted octanol–water partition coefficient (Wildman–Crippen LogP) is 3.11. The Bertz CT molecular complexity index is 626. The van der Waals surface area contributed by atoms with Gasteiger partial charge in [-0.3, -0.25) is 4.68 Å². The maximum Gasteiger partial charge on any atom is 0.337 e. The number of carbonyl (C=O) groups is 1. The maximum atomic E-state index is 11.6. The van der Waals surface area contributed by atoms with Gasteiger partial charge in [0.1, 0.15) is 0 Å². The lowest BCUT2D eigenvalue weighted by Gasteiger charge is -2.26. The van der Waals surface area contributed by atoms with E-state index in [0.29, 0.717) is 11.6 Å². The monoisotopic (exact) mass is 258 g/mol. The highest BCUT2D eigenvalue weighted by Crippen LogP contribution is 2.35. The Morgan fingerprint density at radius 1 is 1.47 bits per heavy atom. The zero-order chi connectivity index (χ0) is 13.4. The average molecular weight is 258 g/mol. The minimum Gasteiger partial charge on any atom is -0.465 e. The predicted molar refractivity (Wildman–Crippen MR) is 73.3 cm³/mol. The van der Waals surface area contributed by atoms with Crippen molar-refractivity contribution in [1.29, 1.82) is 0 Å². The quantitative estimate of drug-likeness (QED) is 0.794. The van der Waals surface area contributed by atoms with Crippen LogP contribution in [-0.4, -0.2) is 22.9 Å². The molecular weight excluding hydrogens is 240 g/mol. The highest BCUT2D eigenvalue weighted by atomic mass is 16.5. The van der Waals surface area contributed by atoms with Crippen LogP contribution in [0.25, 0.3) is 10.9 Å². The van der Waals surface area contributed by atoms with Crippen molar-refractivity contribution in [2.24, 2.45) is 0 Å². The van der Waals surface area contributed by atoms with Gasteiger partial charge in [0.15, 0.2) is 0 Å². The summed E-state index contributed by atoms with van der Waals surface area (Å²) in [5.74, 6) is -0.290. The number of carbonyl (C=O) groups excluding carboxylic acids is 1. The van der Waals surface area contributed by atoms with Gasteiger partial charge in [-0.25, -0.2) is 4.79 Å². The first-order valence-electron chi connectivity index (χ1n) is 6.84. The van der Waals surface area contributed by atoms with Crippen LogP contribution in [0.4, 0.5) is 0 Å². The molecule has 3 rings (SSSR count). The fourth-order valence-electron chi connectivity index (χ4n) is 2.62. The molecule has 1 heterocycles. The van der Waals surface area contributed by atoms with Gasteiger partial charge in [0.05, 0.1) is 29.9 Å². The number of rotatable bonds is 3. The molecular formula is C15H18N2O2. The standard InChI is InChI=1S/C15H18N2O2/c1-3-13-12-8-7-10(15(18)19-2)9-14(12)17(16-13)11-5-4-6-11/h7-9,11H,3-6H2,1-2H3. The van der Waals surface area contributed by atoms with Gasteiger partial charge in [-0.15, -0.1) is 0 Å². The Balaban J connectivity index is 2.15. The molecule has 0 bridgehead atoms. The van der Waals surface area contributed by atoms with E-state index in [0.717, 1.165) is 23.0 Å². The third-order valence-corrected chi connectivity index (χ3v) is 3.96. The van der Waals surface area contributed by atoms with Gasteiger partial charge < -0.3 is 4.74 Å². The van der Waals surface area contributed by atoms with E-state index in [1.165, 1.54) is 26.4 Å². The number of aryl methyl sites for hydroxylation is 1. The molecule has 1 aromatic heterocycles. The van der Waals surface area contributed by atoms with Crippen LogP contribution in [0, 0.1) is 0 Å². The van der Waals surface area contributed by atoms with Gasteiger partial charge >= 0.3 is 5.97 Å². The smallest absolute Gasteiger partial charge is 0.337 e. The van der Waals surface area contributed by atoms with Gasteiger partial charge in [-0.1, -0.05) is 13.0 Å². The van der Waals surface area contributed by atoms with E-state index < -0.39 is 0 Å². The summed E-state index contributed by atoms with van der Waals surface area (Å²) in [6.45, 7) is 2.11. The number of benzene rings is 1. The molecule has 0 aliphatic heterocycles. The number of methoxy groups -OCH3 is 1. The number of nitrogens with zero attached hydrogens (tertiary/aromatic N) is 2. The molecule has 1 aliphatic rings. The first-order valence-corrected chi connectivity index (χ1v) is 6.84. The second-order valence-electron chi connectivity index (χ2n) is 5.05. The summed E-state index contributed by atoms with van der Waals surface area (Å²) >= 11 is 0. The van der Waals surface area contributed by atoms with Gasteiger partial charge in [0, 0.05) is 5.39 Å². The van der Waals surface area contributed by atoms with E-state index in [2.05, 4.69) is 11.6 Å². The molecule has 1 aliphatic carbocycles. The highest BCUT2D eigenvalue weighted by Gasteiger charge is 2.23. The zero-order valence-corrected chi connectivity index (χ0v) is 11.3. The second-order valence-corrected chi connectivity index (χ2v) is 5.05. The topological polar surface area (TPSA) is 44.1 Å². The van der Waals surface area contributed by atoms with Crippen molar-refractivity contribution in [3.05, 3.63) is 29.5 Å². The number of ether oxygens (including phenoxy) is 1. The molecule has 4 nitrogen and oxygen atoms in total. The SMILES string of the molecule is CCc1nn(C2CCC2)c2cc(C(=O)OC)ccc12. The van der Waals surface area contributed by atoms with E-state index in [1.807, 2.05) is 18.2 Å². The van der Waals surface area contributed by atoms with Crippen LogP contribution in [0.2, 0.25) is 0 Å². The largest absolute Gasteiger partial charge is 0.465 e. The molecule has 0 radical (unpaired) electrons. The van der Waals surface area contributed by atoms with Gasteiger partial charge in [0.25, 0.3) is 0 Å². The van der Waals surface area contributed by atoms with Crippen LogP contribution in [0.3, 0.4) is 0 Å². The average Bonchev–Trinajstić information content (AvgIpc) is 2.74. The van der Waals surface area contributed by atoms with E-state index in [9.17, 15) is 4.79 Å². The van der Waals surface area contributed by atoms with Crippen molar-refractivity contribution >= 4 is 16.9 Å². The van der Waals surface area contributed by atoms with Crippen molar-refractivity contribution in [3.63, 3.8) is 0 Å². The van der Waals surface area contributed by atoms with Crippen molar-refractivity contribution in [2.75, 3.05) is 7.11 Å². The molecule has 0 N–H and O–H groups in total. The normalized spacial score (nSPS) is 15.5. The highest BCUT2D eigenvalue weighted by molar-refractivity contribution is 5.95. The van der Waals surface area contributed by atoms with E-state index in [4.69, 9.17) is 9.84 Å². The lowest BCUT2D eigenvalue weighted by Crippen LogP contribution is -2.18. The van der Waals surface area contributed by atoms with Gasteiger partial charge in [0.2, 0.25) is 0 Å². The lowest BCUT2D eigenvalue weighted by molar-refractivity contribution is 0.0601. The van der Waals surface area contributed by atoms with Crippen LogP contribution in [-0.2, 0) is 11.2 Å². The summed E-state index contributed by atoms with van der Waals surface area (Å²) in [5.41, 5.74) is 2.76. The molecule has 1 fully saturated rings. The fourth-order valence-corrected chi connectivity index (χ4v) is 2.62. The zero-order valence-electron chi connectivity index (χ0n) is 11.3. The lowest BCUT2D eigenvalue weighted by atomic mass is 9.93. The number of hydrogen-bond acceptors (Lipinski definition) is 3. The van der Waals surface area contributed by atoms with Crippen molar-refractivity contribution < 1.29 is 9.53 Å². The molecule has 4 heteroatoms. The van der Waals surface area contributed by atoms with Crippen LogP contribution >= 0.6 is 0 Å². The minimum absolute atomic E-state index is 0.290. The summed E-state index contributed by atoms with van der Waals surface area (Å²) in [6.07, 6.45) is 4.54. The molecule has 19 heavy (non-hydrogen) atoms. The summed E-state index contributed by atoms with van der Waals surface area (Å²) in [6, 6.07) is 6.21. The minimum atomic E-state index is -0.290. The Morgan fingerprint density at radius 3 is 2.84 bits per heavy atom. The van der Waals surface area contributed by atoms with E-state index >= 15 is 0 Å². The van der Waals surface area contributed by atoms with Crippen LogP contribution in [0.1, 0.15) is 48.3 Å². The van der Waals surface area contributed by atoms with E-state index in [1.54, 1.807) is 0 Å². The van der Waals surface area contributed by atoms with Crippen molar-refractivity contribution in [2.45, 2.75) is 38.6 Å². The number of esters is 1. The van der Waals surface area contributed by atoms with Crippen LogP contribution < -0.4 is 0 Å². The van der Waals surface area contributed by atoms with Gasteiger partial charge in [-0.05, 0) is 37.8 Å². The molecule has 100 valence electrons. The third-order valence-electron chi connectivity index (χ3n) is 3.96. The number of fused-ring (bicyclic) bond motifs is 1. The molecule has 0 unspecified atom stereocenters. The van der Waals surface area contributed by atoms with Crippen LogP contribution in [0.15, 0.2) is 18.2 Å². The first-order chi connectivity index (χ1) is 9.24. The van der Waals surface area contributed by atoms with Gasteiger partial charge in [-0.2, -0.15) is 5.10 Å². The Labute approximate surface area is 112 Å². The summed E-state index contributed by atoms with van der Waals surface area (Å²) < 4.78 is 6.89. The van der Waals surface area contributed by atoms with Crippen molar-refractivity contribution in [1.82, 2.24) is 9.78 Å². The summed E-state index contributed by atoms with van der Waals surface area (Å²) in [4.78, 5) is 11.6. The summed E-state index contributed by atoms with van der Waals surface area (Å²) in [5, 5.41) is 5.88. The fraction of sp³-hybridized carbons (Fsp3) is 0.467. The Hall–Kier alpha value is -1.84. The van der Waals surface area contributed by atoms with Crippen molar-refractivity contribution in [3.8, 4) is 0 Å². The maximum absolute atomic E-state index is 11.6. The van der Waals surface area contributed by atoms with E-state index in [-0.39, 0.29) is 5.97 Å². The number of aromatic nitrogens is 2. The first kappa shape index (κ1) is 12.2. The molecule has 2 aromatic rings. The molecule has 0 saturated heterocycles. The summed E-state index contributed by atoms with van der Waals surface area (Å²) in [7, 11) is 1.41. The number of hydrogen-bond donors (Lipinski definition) is 0. The molecule has 1 aromatic carbocycles. The third kappa shape index (κ3) is 1.91. The Morgan fingerprint density at radius 2 is 2.26 bits per heavy atom. The molecule has 0 amide bonds. The van der Waals surface area contributed by atoms with Crippen LogP contribution in [0.5, 0.6) is 0 Å².